The van der Waals surface area contributed by atoms with E-state index in [1.165, 1.54) is 0 Å². The number of aryl methyl sites for hydroxylation is 1. The van der Waals surface area contributed by atoms with Gasteiger partial charge in [-0.15, -0.1) is 0 Å². The monoisotopic (exact) mass is 579 g/mol. The number of hydrogen-bond donors (Lipinski definition) is 2. The molecule has 2 aromatic heterocycles. The maximum Gasteiger partial charge on any atom is 0.229 e. The number of rotatable bonds is 6. The van der Waals surface area contributed by atoms with Crippen molar-refractivity contribution in [1.29, 1.82) is 0 Å². The first-order valence-electron chi connectivity index (χ1n) is 12.5. The van der Waals surface area contributed by atoms with Crippen LogP contribution in [0.1, 0.15) is 45.9 Å². The Bertz CT molecular complexity index is 1690. The fourth-order valence-corrected chi connectivity index (χ4v) is 6.64. The molecule has 1 fully saturated rings. The molecule has 1 aliphatic heterocycles. The van der Waals surface area contributed by atoms with Crippen molar-refractivity contribution >= 4 is 50.3 Å². The Morgan fingerprint density at radius 1 is 0.974 bits per heavy atom. The Morgan fingerprint density at radius 3 is 2.38 bits per heavy atom. The topological polar surface area (TPSA) is 79.3 Å². The van der Waals surface area contributed by atoms with Crippen LogP contribution in [0.15, 0.2) is 66.9 Å². The van der Waals surface area contributed by atoms with Crippen LogP contribution in [0.4, 0.5) is 11.4 Å². The second kappa shape index (κ2) is 10.3. The van der Waals surface area contributed by atoms with Crippen molar-refractivity contribution in [2.75, 3.05) is 15.9 Å². The zero-order valence-corrected chi connectivity index (χ0v) is 24.7. The summed E-state index contributed by atoms with van der Waals surface area (Å²) in [5.74, 6) is 0. The predicted octanol–water partition coefficient (Wildman–Crippen LogP) is 6.31. The zero-order chi connectivity index (χ0) is 28.1. The highest BCUT2D eigenvalue weighted by molar-refractivity contribution is 7.92. The lowest BCUT2D eigenvalue weighted by Gasteiger charge is -2.29. The van der Waals surface area contributed by atoms with Crippen molar-refractivity contribution in [2.45, 2.75) is 39.8 Å². The molecule has 5 rings (SSSR count). The van der Waals surface area contributed by atoms with Gasteiger partial charge in [-0.25, -0.2) is 8.42 Å². The first kappa shape index (κ1) is 27.2. The highest BCUT2D eigenvalue weighted by atomic mass is 35.5. The van der Waals surface area contributed by atoms with Crippen LogP contribution >= 0.6 is 23.8 Å². The van der Waals surface area contributed by atoms with Crippen LogP contribution in [0.3, 0.4) is 0 Å². The number of nitrogens with zero attached hydrogens (tertiary/aromatic N) is 3. The second-order valence-corrected chi connectivity index (χ2v) is 12.5. The number of aromatic nitrogens is 2. The lowest BCUT2D eigenvalue weighted by molar-refractivity contribution is 0.563. The molecule has 4 aromatic rings. The standard InChI is InChI=1S/C29H30ClN5O2S2/c1-17-15-23(12-13-24(17)33-39(5,36)37)35-28(27(32-29(35)38)25-11-6-7-14-31-25)26-18(2)19(3)34(20(26)4)22-10-8-9-21(30)16-22/h6-16,27-28,33H,1-5H3,(H,32,38)/t27-,28+/m1/s1. The molecular formula is C29H30ClN5O2S2. The van der Waals surface area contributed by atoms with Crippen LogP contribution in [0.25, 0.3) is 5.69 Å². The van der Waals surface area contributed by atoms with E-state index in [9.17, 15) is 8.42 Å². The van der Waals surface area contributed by atoms with E-state index < -0.39 is 10.0 Å². The van der Waals surface area contributed by atoms with Crippen molar-refractivity contribution in [3.05, 3.63) is 106 Å². The molecular weight excluding hydrogens is 550 g/mol. The zero-order valence-electron chi connectivity index (χ0n) is 22.4. The van der Waals surface area contributed by atoms with Crippen LogP contribution in [-0.4, -0.2) is 29.3 Å². The molecule has 0 spiro atoms. The molecule has 202 valence electrons. The van der Waals surface area contributed by atoms with Gasteiger partial charge in [0.05, 0.1) is 29.7 Å². The van der Waals surface area contributed by atoms with E-state index in [-0.39, 0.29) is 12.1 Å². The SMILES string of the molecule is Cc1cc(N2C(=S)N[C@H](c3ccccn3)[C@@H]2c2c(C)c(C)n(-c3cccc(Cl)c3)c2C)ccc1NS(C)(=O)=O. The minimum Gasteiger partial charge on any atom is -0.351 e. The fraction of sp³-hybridized carbons (Fsp3) is 0.241. The molecule has 0 bridgehead atoms. The molecule has 2 aromatic carbocycles. The Morgan fingerprint density at radius 2 is 1.74 bits per heavy atom. The summed E-state index contributed by atoms with van der Waals surface area (Å²) in [5.41, 5.74) is 8.56. The van der Waals surface area contributed by atoms with E-state index in [1.807, 2.05) is 55.5 Å². The minimum absolute atomic E-state index is 0.208. The molecule has 0 saturated carbocycles. The van der Waals surface area contributed by atoms with E-state index in [0.29, 0.717) is 15.8 Å². The van der Waals surface area contributed by atoms with Crippen molar-refractivity contribution in [2.24, 2.45) is 0 Å². The molecule has 0 unspecified atom stereocenters. The molecule has 39 heavy (non-hydrogen) atoms. The Labute approximate surface area is 239 Å². The number of halogens is 1. The van der Waals surface area contributed by atoms with Gasteiger partial charge in [0, 0.05) is 39.5 Å². The van der Waals surface area contributed by atoms with Gasteiger partial charge in [0.2, 0.25) is 10.0 Å². The average molecular weight is 580 g/mol. The molecule has 1 saturated heterocycles. The predicted molar refractivity (Wildman–Crippen MR) is 163 cm³/mol. The van der Waals surface area contributed by atoms with Gasteiger partial charge in [-0.2, -0.15) is 0 Å². The summed E-state index contributed by atoms with van der Waals surface area (Å²) >= 11 is 12.3. The highest BCUT2D eigenvalue weighted by Crippen LogP contribution is 2.46. The molecule has 0 radical (unpaired) electrons. The lowest BCUT2D eigenvalue weighted by atomic mass is 9.93. The van der Waals surface area contributed by atoms with E-state index in [1.54, 1.807) is 12.3 Å². The summed E-state index contributed by atoms with van der Waals surface area (Å²) < 4.78 is 28.5. The number of sulfonamides is 1. The number of benzene rings is 2. The largest absolute Gasteiger partial charge is 0.351 e. The van der Waals surface area contributed by atoms with Gasteiger partial charge in [0.1, 0.15) is 0 Å². The number of anilines is 2. The van der Waals surface area contributed by atoms with Crippen LogP contribution in [-0.2, 0) is 10.0 Å². The third-order valence-electron chi connectivity index (χ3n) is 7.25. The van der Waals surface area contributed by atoms with Crippen LogP contribution < -0.4 is 14.9 Å². The lowest BCUT2D eigenvalue weighted by Crippen LogP contribution is -2.30. The maximum atomic E-state index is 11.9. The summed E-state index contributed by atoms with van der Waals surface area (Å²) in [6.45, 7) is 8.25. The molecule has 0 aliphatic carbocycles. The smallest absolute Gasteiger partial charge is 0.229 e. The van der Waals surface area contributed by atoms with Gasteiger partial charge in [0.25, 0.3) is 0 Å². The van der Waals surface area contributed by atoms with E-state index in [4.69, 9.17) is 23.8 Å². The van der Waals surface area contributed by atoms with Crippen molar-refractivity contribution in [3.63, 3.8) is 0 Å². The molecule has 0 amide bonds. The average Bonchev–Trinajstić information content (AvgIpc) is 3.32. The van der Waals surface area contributed by atoms with E-state index in [0.717, 1.165) is 51.4 Å². The maximum absolute atomic E-state index is 11.9. The Hall–Kier alpha value is -3.40. The molecule has 3 heterocycles. The van der Waals surface area contributed by atoms with Gasteiger partial charge in [-0.1, -0.05) is 23.7 Å². The van der Waals surface area contributed by atoms with Crippen LogP contribution in [0, 0.1) is 27.7 Å². The number of hydrogen-bond acceptors (Lipinski definition) is 4. The quantitative estimate of drug-likeness (QED) is 0.261. The van der Waals surface area contributed by atoms with E-state index >= 15 is 0 Å². The highest BCUT2D eigenvalue weighted by Gasteiger charge is 2.43. The third kappa shape index (κ3) is 5.14. The third-order valence-corrected chi connectivity index (χ3v) is 8.39. The van der Waals surface area contributed by atoms with Gasteiger partial charge in [-0.3, -0.25) is 9.71 Å². The Balaban J connectivity index is 1.69. The van der Waals surface area contributed by atoms with Crippen LogP contribution in [0.5, 0.6) is 0 Å². The minimum atomic E-state index is -3.41. The number of nitrogens with one attached hydrogen (secondary N) is 2. The van der Waals surface area contributed by atoms with Gasteiger partial charge in [0.15, 0.2) is 5.11 Å². The summed E-state index contributed by atoms with van der Waals surface area (Å²) in [7, 11) is -3.41. The first-order chi connectivity index (χ1) is 18.5. The molecule has 7 nitrogen and oxygen atoms in total. The first-order valence-corrected chi connectivity index (χ1v) is 15.2. The van der Waals surface area contributed by atoms with Crippen molar-refractivity contribution in [1.82, 2.24) is 14.9 Å². The van der Waals surface area contributed by atoms with E-state index in [2.05, 4.69) is 51.3 Å². The van der Waals surface area contributed by atoms with Crippen molar-refractivity contribution in [3.8, 4) is 5.69 Å². The molecule has 10 heteroatoms. The molecule has 2 atom stereocenters. The van der Waals surface area contributed by atoms with Crippen molar-refractivity contribution < 1.29 is 8.42 Å². The molecule has 2 N–H and O–H groups in total. The second-order valence-electron chi connectivity index (χ2n) is 9.89. The summed E-state index contributed by atoms with van der Waals surface area (Å²) in [6, 6.07) is 18.9. The Kier molecular flexibility index (Phi) is 7.17. The number of thiocarbonyl (C=S) groups is 1. The summed E-state index contributed by atoms with van der Waals surface area (Å²) in [5, 5.41) is 4.77. The summed E-state index contributed by atoms with van der Waals surface area (Å²) in [4.78, 5) is 6.79. The van der Waals surface area contributed by atoms with Gasteiger partial charge >= 0.3 is 0 Å². The summed E-state index contributed by atoms with van der Waals surface area (Å²) in [6.07, 6.45) is 2.93. The van der Waals surface area contributed by atoms with Gasteiger partial charge in [-0.05, 0) is 99.6 Å². The number of pyridine rings is 1. The fourth-order valence-electron chi connectivity index (χ4n) is 5.48. The normalized spacial score (nSPS) is 17.4. The van der Waals surface area contributed by atoms with Gasteiger partial charge < -0.3 is 14.8 Å². The van der Waals surface area contributed by atoms with Crippen LogP contribution in [0.2, 0.25) is 5.02 Å². The molecule has 1 aliphatic rings.